The van der Waals surface area contributed by atoms with Gasteiger partial charge in [0, 0.05) is 29.9 Å². The molecule has 5 rings (SSSR count). The smallest absolute Gasteiger partial charge is 0.214 e. The number of anilines is 1. The Bertz CT molecular complexity index is 1320. The third kappa shape index (κ3) is 3.30. The highest BCUT2D eigenvalue weighted by Crippen LogP contribution is 2.24. The molecule has 0 radical (unpaired) electrons. The Kier molecular flexibility index (Phi) is 4.47. The summed E-state index contributed by atoms with van der Waals surface area (Å²) in [4.78, 5) is 8.67. The highest BCUT2D eigenvalue weighted by molar-refractivity contribution is 6.36. The molecule has 0 aliphatic heterocycles. The van der Waals surface area contributed by atoms with E-state index < -0.39 is 0 Å². The minimum Gasteiger partial charge on any atom is -0.366 e. The van der Waals surface area contributed by atoms with Crippen LogP contribution >= 0.6 is 0 Å². The summed E-state index contributed by atoms with van der Waals surface area (Å²) in [6.07, 6.45) is 3.05. The van der Waals surface area contributed by atoms with E-state index in [0.29, 0.717) is 29.3 Å². The van der Waals surface area contributed by atoms with E-state index in [1.54, 1.807) is 28.9 Å². The predicted octanol–water partition coefficient (Wildman–Crippen LogP) is 2.46. The first kappa shape index (κ1) is 18.1. The fraction of sp³-hybridized carbons (Fsp3) is 0.0476. The van der Waals surface area contributed by atoms with Gasteiger partial charge in [0.25, 0.3) is 0 Å². The topological polar surface area (TPSA) is 81.1 Å². The zero-order valence-electron chi connectivity index (χ0n) is 16.1. The van der Waals surface area contributed by atoms with Crippen LogP contribution in [0.1, 0.15) is 5.56 Å². The zero-order valence-corrected chi connectivity index (χ0v) is 16.1. The molecule has 0 spiro atoms. The van der Waals surface area contributed by atoms with Crippen molar-refractivity contribution in [2.45, 2.75) is 6.54 Å². The van der Waals surface area contributed by atoms with Crippen molar-refractivity contribution < 1.29 is 8.91 Å². The number of hydrogen-bond acceptors (Lipinski definition) is 6. The fourth-order valence-corrected chi connectivity index (χ4v) is 3.27. The van der Waals surface area contributed by atoms with Crippen molar-refractivity contribution in [3.8, 4) is 22.6 Å². The van der Waals surface area contributed by atoms with Crippen LogP contribution < -0.4 is 10.8 Å². The number of nitrogens with one attached hydrogen (secondary N) is 1. The molecule has 5 aromatic rings. The molecule has 3 aromatic heterocycles. The molecule has 7 nitrogen and oxygen atoms in total. The third-order valence-electron chi connectivity index (χ3n) is 4.85. The van der Waals surface area contributed by atoms with Crippen LogP contribution in [-0.2, 0) is 6.54 Å². The number of benzene rings is 2. The van der Waals surface area contributed by atoms with E-state index >= 15 is 0 Å². The summed E-state index contributed by atoms with van der Waals surface area (Å²) in [6.45, 7) is 0.557. The summed E-state index contributed by atoms with van der Waals surface area (Å²) < 4.78 is 20.9. The van der Waals surface area contributed by atoms with Gasteiger partial charge in [0.1, 0.15) is 19.5 Å². The van der Waals surface area contributed by atoms with Crippen molar-refractivity contribution in [3.63, 3.8) is 0 Å². The molecule has 9 heteroatoms. The van der Waals surface area contributed by atoms with Crippen molar-refractivity contribution in [2.24, 2.45) is 0 Å². The number of fused-ring (bicyclic) bond motifs is 1. The van der Waals surface area contributed by atoms with Gasteiger partial charge in [-0.15, -0.1) is 0 Å². The summed E-state index contributed by atoms with van der Waals surface area (Å²) in [6, 6.07) is 16.3. The Balaban J connectivity index is 1.46. The highest BCUT2D eigenvalue weighted by Gasteiger charge is 2.13. The molecule has 0 atom stereocenters. The van der Waals surface area contributed by atoms with Gasteiger partial charge in [-0.05, 0) is 23.2 Å². The van der Waals surface area contributed by atoms with E-state index in [0.717, 1.165) is 22.4 Å². The number of hydrogen-bond donors (Lipinski definition) is 1. The normalized spacial score (nSPS) is 11.1. The number of aromatic nitrogens is 5. The molecule has 2 aromatic carbocycles. The van der Waals surface area contributed by atoms with Crippen LogP contribution in [0, 0.1) is 5.82 Å². The molecule has 0 aliphatic rings. The highest BCUT2D eigenvalue weighted by atomic mass is 19.1. The molecule has 0 bridgehead atoms. The van der Waals surface area contributed by atoms with Crippen molar-refractivity contribution in [3.05, 3.63) is 78.6 Å². The first-order valence-electron chi connectivity index (χ1n) is 9.39. The van der Waals surface area contributed by atoms with E-state index in [1.165, 1.54) is 12.5 Å². The Morgan fingerprint density at radius 3 is 2.70 bits per heavy atom. The maximum absolute atomic E-state index is 14.3. The van der Waals surface area contributed by atoms with E-state index in [1.807, 2.05) is 38.2 Å². The van der Waals surface area contributed by atoms with Crippen LogP contribution in [0.15, 0.2) is 71.7 Å². The van der Waals surface area contributed by atoms with Crippen LogP contribution in [-0.4, -0.2) is 32.6 Å². The van der Waals surface area contributed by atoms with E-state index in [9.17, 15) is 4.39 Å². The third-order valence-corrected chi connectivity index (χ3v) is 4.85. The SMILES string of the molecule is Bc1cnn2c(NCc3ccc(-c4ncon4)cc3)cc(-c3ccccc3F)nc12. The summed E-state index contributed by atoms with van der Waals surface area (Å²) in [5, 5.41) is 11.6. The average molecular weight is 398 g/mol. The lowest BCUT2D eigenvalue weighted by Crippen LogP contribution is -2.09. The Labute approximate surface area is 172 Å². The van der Waals surface area contributed by atoms with Crippen LogP contribution in [0.2, 0.25) is 0 Å². The molecule has 3 heterocycles. The molecule has 146 valence electrons. The Morgan fingerprint density at radius 2 is 1.93 bits per heavy atom. The first-order valence-corrected chi connectivity index (χ1v) is 9.39. The van der Waals surface area contributed by atoms with Crippen LogP contribution in [0.3, 0.4) is 0 Å². The Hall–Kier alpha value is -4.01. The molecular formula is C21H16BFN6O. The Morgan fingerprint density at radius 1 is 1.10 bits per heavy atom. The fourth-order valence-electron chi connectivity index (χ4n) is 3.27. The van der Waals surface area contributed by atoms with E-state index in [-0.39, 0.29) is 5.82 Å². The van der Waals surface area contributed by atoms with Crippen LogP contribution in [0.25, 0.3) is 28.3 Å². The van der Waals surface area contributed by atoms with Gasteiger partial charge in [0.05, 0.1) is 5.69 Å². The van der Waals surface area contributed by atoms with Gasteiger partial charge in [-0.3, -0.25) is 0 Å². The summed E-state index contributed by atoms with van der Waals surface area (Å²) in [5.74, 6) is 0.968. The lowest BCUT2D eigenvalue weighted by molar-refractivity contribution is 0.419. The second-order valence-electron chi connectivity index (χ2n) is 6.87. The maximum Gasteiger partial charge on any atom is 0.214 e. The number of rotatable bonds is 5. The molecule has 1 N–H and O–H groups in total. The number of halogens is 1. The molecule has 0 saturated heterocycles. The van der Waals surface area contributed by atoms with Gasteiger partial charge in [0.15, 0.2) is 5.65 Å². The van der Waals surface area contributed by atoms with Gasteiger partial charge >= 0.3 is 0 Å². The monoisotopic (exact) mass is 398 g/mol. The second kappa shape index (κ2) is 7.44. The molecule has 0 saturated carbocycles. The van der Waals surface area contributed by atoms with Crippen LogP contribution in [0.5, 0.6) is 0 Å². The van der Waals surface area contributed by atoms with Gasteiger partial charge in [-0.1, -0.05) is 41.6 Å². The lowest BCUT2D eigenvalue weighted by Gasteiger charge is -2.12. The molecule has 0 amide bonds. The summed E-state index contributed by atoms with van der Waals surface area (Å²) in [7, 11) is 1.93. The second-order valence-corrected chi connectivity index (χ2v) is 6.87. The van der Waals surface area contributed by atoms with E-state index in [4.69, 9.17) is 4.52 Å². The zero-order chi connectivity index (χ0) is 20.5. The minimum absolute atomic E-state index is 0.311. The van der Waals surface area contributed by atoms with Gasteiger partial charge in [0.2, 0.25) is 12.2 Å². The predicted molar refractivity (Wildman–Crippen MR) is 114 cm³/mol. The number of nitrogens with zero attached hydrogens (tertiary/aromatic N) is 5. The van der Waals surface area contributed by atoms with Crippen molar-refractivity contribution in [1.82, 2.24) is 24.7 Å². The van der Waals surface area contributed by atoms with Gasteiger partial charge in [-0.25, -0.2) is 9.37 Å². The lowest BCUT2D eigenvalue weighted by atomic mass is 10.0. The summed E-state index contributed by atoms with van der Waals surface area (Å²) in [5.41, 5.74) is 4.55. The summed E-state index contributed by atoms with van der Waals surface area (Å²) >= 11 is 0. The molecule has 30 heavy (non-hydrogen) atoms. The molecule has 0 fully saturated rings. The van der Waals surface area contributed by atoms with Gasteiger partial charge < -0.3 is 9.84 Å². The molecule has 0 unspecified atom stereocenters. The first-order chi connectivity index (χ1) is 14.7. The molecule has 0 aliphatic carbocycles. The molecular weight excluding hydrogens is 382 g/mol. The standard InChI is InChI=1S/C21H16BFN6O/c22-16-11-26-29-19(9-18(27-21(16)29)15-3-1-2-4-17(15)23)24-10-13-5-7-14(8-6-13)20-25-12-30-28-20/h1-9,11-12,24H,10,22H2. The van der Waals surface area contributed by atoms with Crippen molar-refractivity contribution in [1.29, 1.82) is 0 Å². The average Bonchev–Trinajstić information content (AvgIpc) is 3.43. The quantitative estimate of drug-likeness (QED) is 0.458. The van der Waals surface area contributed by atoms with Gasteiger partial charge in [-0.2, -0.15) is 14.6 Å². The maximum atomic E-state index is 14.3. The van der Waals surface area contributed by atoms with Crippen LogP contribution in [0.4, 0.5) is 10.2 Å². The largest absolute Gasteiger partial charge is 0.366 e. The van der Waals surface area contributed by atoms with Crippen molar-refractivity contribution >= 4 is 24.8 Å². The van der Waals surface area contributed by atoms with E-state index in [2.05, 4.69) is 25.5 Å². The minimum atomic E-state index is -0.311. The van der Waals surface area contributed by atoms with Crippen molar-refractivity contribution in [2.75, 3.05) is 5.32 Å².